The van der Waals surface area contributed by atoms with Crippen LogP contribution in [0.3, 0.4) is 0 Å². The molecule has 1 aromatic carbocycles. The fourth-order valence-corrected chi connectivity index (χ4v) is 2.06. The number of morpholine rings is 1. The molecule has 22 heavy (non-hydrogen) atoms. The molecule has 0 radical (unpaired) electrons. The smallest absolute Gasteiger partial charge is 0.264 e. The molecule has 0 bridgehead atoms. The number of rotatable bonds is 6. The third-order valence-electron chi connectivity index (χ3n) is 3.20. The Hall–Kier alpha value is -1.53. The molecular formula is C16H23F2NO3. The number of carbonyl (C=O) groups is 1. The van der Waals surface area contributed by atoms with Crippen molar-refractivity contribution in [3.63, 3.8) is 0 Å². The van der Waals surface area contributed by atoms with Crippen molar-refractivity contribution in [2.24, 2.45) is 0 Å². The number of hydrogen-bond donors (Lipinski definition) is 0. The lowest BCUT2D eigenvalue weighted by Gasteiger charge is -2.26. The van der Waals surface area contributed by atoms with E-state index in [0.717, 1.165) is 19.6 Å². The summed E-state index contributed by atoms with van der Waals surface area (Å²) in [5.41, 5.74) is -0.288. The molecule has 0 N–H and O–H groups in total. The summed E-state index contributed by atoms with van der Waals surface area (Å²) in [5, 5.41) is 0. The molecule has 124 valence electrons. The van der Waals surface area contributed by atoms with Crippen molar-refractivity contribution in [2.75, 3.05) is 39.5 Å². The van der Waals surface area contributed by atoms with Crippen molar-refractivity contribution < 1.29 is 23.0 Å². The SMILES string of the molecule is CC.O=Cc1ccc(OCCN2CCOCC2)cc1C(F)F. The zero-order chi connectivity index (χ0) is 16.4. The lowest BCUT2D eigenvalue weighted by Crippen LogP contribution is -2.38. The topological polar surface area (TPSA) is 38.8 Å². The zero-order valence-electron chi connectivity index (χ0n) is 13.1. The van der Waals surface area contributed by atoms with E-state index < -0.39 is 6.43 Å². The molecule has 1 aliphatic rings. The van der Waals surface area contributed by atoms with Crippen LogP contribution in [0.15, 0.2) is 18.2 Å². The fourth-order valence-electron chi connectivity index (χ4n) is 2.06. The number of aldehydes is 1. The average molecular weight is 315 g/mol. The van der Waals surface area contributed by atoms with Gasteiger partial charge in [0, 0.05) is 30.8 Å². The summed E-state index contributed by atoms with van der Waals surface area (Å²) in [7, 11) is 0. The average Bonchev–Trinajstić information content (AvgIpc) is 2.57. The maximum atomic E-state index is 12.8. The minimum atomic E-state index is -2.68. The molecule has 1 fully saturated rings. The summed E-state index contributed by atoms with van der Waals surface area (Å²) < 4.78 is 36.2. The van der Waals surface area contributed by atoms with Gasteiger partial charge in [0.15, 0.2) is 6.29 Å². The van der Waals surface area contributed by atoms with Crippen LogP contribution in [-0.4, -0.2) is 50.6 Å². The number of alkyl halides is 2. The van der Waals surface area contributed by atoms with Crippen LogP contribution < -0.4 is 4.74 Å². The van der Waals surface area contributed by atoms with Crippen LogP contribution in [0.5, 0.6) is 5.75 Å². The van der Waals surface area contributed by atoms with Gasteiger partial charge in [-0.25, -0.2) is 8.78 Å². The van der Waals surface area contributed by atoms with E-state index in [4.69, 9.17) is 9.47 Å². The van der Waals surface area contributed by atoms with Gasteiger partial charge in [0.05, 0.1) is 13.2 Å². The molecule has 0 aliphatic carbocycles. The number of halogens is 2. The highest BCUT2D eigenvalue weighted by atomic mass is 19.3. The van der Waals surface area contributed by atoms with Gasteiger partial charge in [-0.2, -0.15) is 0 Å². The van der Waals surface area contributed by atoms with Crippen LogP contribution in [-0.2, 0) is 4.74 Å². The van der Waals surface area contributed by atoms with Crippen molar-refractivity contribution in [1.29, 1.82) is 0 Å². The number of ether oxygens (including phenoxy) is 2. The van der Waals surface area contributed by atoms with Crippen molar-refractivity contribution in [1.82, 2.24) is 4.90 Å². The fraction of sp³-hybridized carbons (Fsp3) is 0.562. The quantitative estimate of drug-likeness (QED) is 0.756. The molecule has 0 unspecified atom stereocenters. The monoisotopic (exact) mass is 315 g/mol. The largest absolute Gasteiger partial charge is 0.492 e. The van der Waals surface area contributed by atoms with E-state index in [9.17, 15) is 13.6 Å². The van der Waals surface area contributed by atoms with Crippen molar-refractivity contribution in [3.05, 3.63) is 29.3 Å². The standard InChI is InChI=1S/C14H17F2NO3.C2H6/c15-14(16)13-9-12(2-1-11(13)10-18)20-8-5-17-3-6-19-7-4-17;1-2/h1-2,9-10,14H,3-8H2;1-2H3. The third-order valence-corrected chi connectivity index (χ3v) is 3.20. The van der Waals surface area contributed by atoms with E-state index in [1.807, 2.05) is 13.8 Å². The van der Waals surface area contributed by atoms with Crippen LogP contribution in [0.1, 0.15) is 36.2 Å². The predicted molar refractivity (Wildman–Crippen MR) is 80.9 cm³/mol. The van der Waals surface area contributed by atoms with Gasteiger partial charge in [0.1, 0.15) is 12.4 Å². The lowest BCUT2D eigenvalue weighted by atomic mass is 10.1. The van der Waals surface area contributed by atoms with E-state index >= 15 is 0 Å². The Balaban J connectivity index is 0.00000116. The summed E-state index contributed by atoms with van der Waals surface area (Å²) in [6.45, 7) is 8.28. The van der Waals surface area contributed by atoms with Gasteiger partial charge >= 0.3 is 0 Å². The van der Waals surface area contributed by atoms with Crippen LogP contribution >= 0.6 is 0 Å². The Bertz CT molecular complexity index is 449. The molecule has 1 aromatic rings. The number of nitrogens with zero attached hydrogens (tertiary/aromatic N) is 1. The summed E-state index contributed by atoms with van der Waals surface area (Å²) in [6.07, 6.45) is -2.25. The summed E-state index contributed by atoms with van der Waals surface area (Å²) in [4.78, 5) is 12.9. The first-order chi connectivity index (χ1) is 10.7. The molecule has 6 heteroatoms. The summed E-state index contributed by atoms with van der Waals surface area (Å²) >= 11 is 0. The molecule has 0 amide bonds. The van der Waals surface area contributed by atoms with Crippen molar-refractivity contribution in [3.8, 4) is 5.75 Å². The molecule has 1 saturated heterocycles. The minimum absolute atomic E-state index is 0.000490. The molecule has 1 heterocycles. The molecule has 1 aliphatic heterocycles. The highest BCUT2D eigenvalue weighted by molar-refractivity contribution is 5.77. The molecule has 0 spiro atoms. The van der Waals surface area contributed by atoms with Crippen molar-refractivity contribution >= 4 is 6.29 Å². The molecule has 2 rings (SSSR count). The second-order valence-electron chi connectivity index (χ2n) is 4.51. The number of carbonyl (C=O) groups excluding carboxylic acids is 1. The molecule has 4 nitrogen and oxygen atoms in total. The van der Waals surface area contributed by atoms with Gasteiger partial charge in [0.25, 0.3) is 6.43 Å². The van der Waals surface area contributed by atoms with Gasteiger partial charge in [-0.05, 0) is 18.2 Å². The lowest BCUT2D eigenvalue weighted by molar-refractivity contribution is 0.0322. The van der Waals surface area contributed by atoms with E-state index in [1.54, 1.807) is 0 Å². The van der Waals surface area contributed by atoms with Gasteiger partial charge in [-0.1, -0.05) is 13.8 Å². The predicted octanol–water partition coefficient (Wildman–Crippen LogP) is 3.17. The second-order valence-corrected chi connectivity index (χ2v) is 4.51. The highest BCUT2D eigenvalue weighted by Crippen LogP contribution is 2.26. The Kier molecular flexibility index (Phi) is 8.62. The van der Waals surface area contributed by atoms with Gasteiger partial charge in [-0.15, -0.1) is 0 Å². The van der Waals surface area contributed by atoms with Crippen LogP contribution in [0.4, 0.5) is 8.78 Å². The second kappa shape index (κ2) is 10.2. The van der Waals surface area contributed by atoms with E-state index in [1.165, 1.54) is 18.2 Å². The Morgan fingerprint density at radius 2 is 2.00 bits per heavy atom. The molecule has 0 saturated carbocycles. The molecule has 0 aromatic heterocycles. The van der Waals surface area contributed by atoms with Crippen molar-refractivity contribution in [2.45, 2.75) is 20.3 Å². The Morgan fingerprint density at radius 3 is 2.59 bits per heavy atom. The van der Waals surface area contributed by atoms with E-state index in [2.05, 4.69) is 4.90 Å². The van der Waals surface area contributed by atoms with Gasteiger partial charge < -0.3 is 9.47 Å². The Labute approximate surface area is 130 Å². The molecule has 0 atom stereocenters. The first-order valence-corrected chi connectivity index (χ1v) is 7.51. The molecular weight excluding hydrogens is 292 g/mol. The zero-order valence-corrected chi connectivity index (χ0v) is 13.1. The first kappa shape index (κ1) is 18.5. The highest BCUT2D eigenvalue weighted by Gasteiger charge is 2.14. The van der Waals surface area contributed by atoms with E-state index in [-0.39, 0.29) is 11.1 Å². The van der Waals surface area contributed by atoms with Crippen LogP contribution in [0.25, 0.3) is 0 Å². The van der Waals surface area contributed by atoms with Crippen LogP contribution in [0, 0.1) is 0 Å². The number of benzene rings is 1. The Morgan fingerprint density at radius 1 is 1.32 bits per heavy atom. The van der Waals surface area contributed by atoms with E-state index in [0.29, 0.717) is 31.9 Å². The maximum Gasteiger partial charge on any atom is 0.264 e. The van der Waals surface area contributed by atoms with Gasteiger partial charge in [0.2, 0.25) is 0 Å². The van der Waals surface area contributed by atoms with Crippen LogP contribution in [0.2, 0.25) is 0 Å². The summed E-state index contributed by atoms with van der Waals surface area (Å²) in [5.74, 6) is 0.360. The maximum absolute atomic E-state index is 12.8. The normalized spacial score (nSPS) is 15.1. The third kappa shape index (κ3) is 5.69. The first-order valence-electron chi connectivity index (χ1n) is 7.51. The summed E-state index contributed by atoms with van der Waals surface area (Å²) in [6, 6.07) is 4.13. The minimum Gasteiger partial charge on any atom is -0.492 e. The van der Waals surface area contributed by atoms with Gasteiger partial charge in [-0.3, -0.25) is 9.69 Å². The number of hydrogen-bond acceptors (Lipinski definition) is 4.